The molecular weight excluding hydrogens is 234 g/mol. The summed E-state index contributed by atoms with van der Waals surface area (Å²) < 4.78 is 0. The van der Waals surface area contributed by atoms with Gasteiger partial charge in [0.2, 0.25) is 0 Å². The predicted molar refractivity (Wildman–Crippen MR) is 78.7 cm³/mol. The fraction of sp³-hybridized carbons (Fsp3) is 0.294. The second-order valence-corrected chi connectivity index (χ2v) is 5.15. The maximum absolute atomic E-state index is 10.4. The normalized spacial score (nSPS) is 15.8. The lowest BCUT2D eigenvalue weighted by Crippen LogP contribution is -2.24. The van der Waals surface area contributed by atoms with Gasteiger partial charge in [-0.05, 0) is 18.1 Å². The van der Waals surface area contributed by atoms with E-state index in [0.29, 0.717) is 0 Å². The Morgan fingerprint density at radius 1 is 0.895 bits per heavy atom. The highest BCUT2D eigenvalue weighted by molar-refractivity contribution is 5.26. The van der Waals surface area contributed by atoms with Crippen LogP contribution in [0.25, 0.3) is 0 Å². The van der Waals surface area contributed by atoms with Gasteiger partial charge in [0.15, 0.2) is 0 Å². The first kappa shape index (κ1) is 13.8. The number of rotatable bonds is 4. The molecule has 0 amide bonds. The minimum atomic E-state index is -0.544. The Hall–Kier alpha value is -1.64. The van der Waals surface area contributed by atoms with Crippen molar-refractivity contribution in [1.29, 1.82) is 0 Å². The van der Waals surface area contributed by atoms with E-state index in [9.17, 15) is 5.11 Å². The lowest BCUT2D eigenvalue weighted by atomic mass is 9.87. The molecule has 0 fully saturated rings. The van der Waals surface area contributed by atoms with Crippen molar-refractivity contribution >= 4 is 0 Å². The molecule has 0 bridgehead atoms. The van der Waals surface area contributed by atoms with Gasteiger partial charge < -0.3 is 10.8 Å². The standard InChI is InChI=1S/C17H21NO/c1-12-8-10-14(11-9-12)16(18)13(2)17(19)15-6-4-3-5-7-15/h3-11,13,16-17,19H,18H2,1-2H3. The number of aliphatic hydroxyl groups is 1. The fourth-order valence-electron chi connectivity index (χ4n) is 2.24. The summed E-state index contributed by atoms with van der Waals surface area (Å²) in [6, 6.07) is 17.7. The predicted octanol–water partition coefficient (Wildman–Crippen LogP) is 3.36. The van der Waals surface area contributed by atoms with Crippen molar-refractivity contribution < 1.29 is 5.11 Å². The van der Waals surface area contributed by atoms with E-state index in [1.807, 2.05) is 49.4 Å². The molecule has 100 valence electrons. The zero-order valence-electron chi connectivity index (χ0n) is 11.5. The first-order chi connectivity index (χ1) is 9.09. The average molecular weight is 255 g/mol. The van der Waals surface area contributed by atoms with Gasteiger partial charge in [-0.25, -0.2) is 0 Å². The third kappa shape index (κ3) is 3.22. The van der Waals surface area contributed by atoms with Crippen LogP contribution in [0.4, 0.5) is 0 Å². The highest BCUT2D eigenvalue weighted by atomic mass is 16.3. The van der Waals surface area contributed by atoms with Crippen molar-refractivity contribution in [2.75, 3.05) is 0 Å². The smallest absolute Gasteiger partial charge is 0.0833 e. The van der Waals surface area contributed by atoms with Gasteiger partial charge in [-0.2, -0.15) is 0 Å². The molecular formula is C17H21NO. The van der Waals surface area contributed by atoms with Crippen molar-refractivity contribution in [3.8, 4) is 0 Å². The molecule has 0 saturated heterocycles. The van der Waals surface area contributed by atoms with Gasteiger partial charge in [0.1, 0.15) is 0 Å². The van der Waals surface area contributed by atoms with E-state index in [-0.39, 0.29) is 12.0 Å². The van der Waals surface area contributed by atoms with E-state index in [1.54, 1.807) is 0 Å². The van der Waals surface area contributed by atoms with Gasteiger partial charge in [0, 0.05) is 12.0 Å². The second-order valence-electron chi connectivity index (χ2n) is 5.15. The summed E-state index contributed by atoms with van der Waals surface area (Å²) in [6.45, 7) is 4.04. The zero-order chi connectivity index (χ0) is 13.8. The summed E-state index contributed by atoms with van der Waals surface area (Å²) in [5.41, 5.74) is 9.46. The Kier molecular flexibility index (Phi) is 4.35. The molecule has 2 aromatic rings. The molecule has 2 heteroatoms. The summed E-state index contributed by atoms with van der Waals surface area (Å²) in [7, 11) is 0. The Morgan fingerprint density at radius 3 is 2.05 bits per heavy atom. The highest BCUT2D eigenvalue weighted by Gasteiger charge is 2.23. The van der Waals surface area contributed by atoms with E-state index in [2.05, 4.69) is 19.1 Å². The van der Waals surface area contributed by atoms with Crippen LogP contribution in [0.1, 0.15) is 35.8 Å². The van der Waals surface area contributed by atoms with E-state index in [1.165, 1.54) is 5.56 Å². The number of aryl methyl sites for hydroxylation is 1. The molecule has 2 aromatic carbocycles. The average Bonchev–Trinajstić information content (AvgIpc) is 2.46. The van der Waals surface area contributed by atoms with Crippen molar-refractivity contribution in [2.45, 2.75) is 26.0 Å². The first-order valence-corrected chi connectivity index (χ1v) is 6.64. The van der Waals surface area contributed by atoms with Crippen molar-refractivity contribution in [3.05, 3.63) is 71.3 Å². The molecule has 3 unspecified atom stereocenters. The van der Waals surface area contributed by atoms with Gasteiger partial charge in [-0.1, -0.05) is 67.1 Å². The van der Waals surface area contributed by atoms with Crippen LogP contribution < -0.4 is 5.73 Å². The largest absolute Gasteiger partial charge is 0.388 e. The second kappa shape index (κ2) is 6.00. The minimum absolute atomic E-state index is 0.0369. The zero-order valence-corrected chi connectivity index (χ0v) is 11.5. The van der Waals surface area contributed by atoms with Crippen LogP contribution >= 0.6 is 0 Å². The molecule has 0 saturated carbocycles. The molecule has 3 atom stereocenters. The Balaban J connectivity index is 2.15. The summed E-state index contributed by atoms with van der Waals surface area (Å²) in [6.07, 6.45) is -0.544. The van der Waals surface area contributed by atoms with Gasteiger partial charge in [-0.3, -0.25) is 0 Å². The fourth-order valence-corrected chi connectivity index (χ4v) is 2.24. The van der Waals surface area contributed by atoms with E-state index >= 15 is 0 Å². The van der Waals surface area contributed by atoms with E-state index in [4.69, 9.17) is 5.73 Å². The monoisotopic (exact) mass is 255 g/mol. The Labute approximate surface area is 114 Å². The van der Waals surface area contributed by atoms with Crippen molar-refractivity contribution in [1.82, 2.24) is 0 Å². The van der Waals surface area contributed by atoms with Crippen molar-refractivity contribution in [3.63, 3.8) is 0 Å². The van der Waals surface area contributed by atoms with Crippen LogP contribution in [0.3, 0.4) is 0 Å². The lowest BCUT2D eigenvalue weighted by molar-refractivity contribution is 0.103. The quantitative estimate of drug-likeness (QED) is 0.880. The van der Waals surface area contributed by atoms with Crippen LogP contribution in [0, 0.1) is 12.8 Å². The highest BCUT2D eigenvalue weighted by Crippen LogP contribution is 2.30. The van der Waals surface area contributed by atoms with Crippen LogP contribution in [-0.2, 0) is 0 Å². The van der Waals surface area contributed by atoms with Crippen LogP contribution in [0.5, 0.6) is 0 Å². The molecule has 0 radical (unpaired) electrons. The molecule has 2 nitrogen and oxygen atoms in total. The molecule has 2 rings (SSSR count). The lowest BCUT2D eigenvalue weighted by Gasteiger charge is -2.25. The summed E-state index contributed by atoms with van der Waals surface area (Å²) in [4.78, 5) is 0. The molecule has 19 heavy (non-hydrogen) atoms. The summed E-state index contributed by atoms with van der Waals surface area (Å²) in [5.74, 6) is -0.0369. The van der Waals surface area contributed by atoms with E-state index < -0.39 is 6.10 Å². The Bertz CT molecular complexity index is 507. The molecule has 3 N–H and O–H groups in total. The van der Waals surface area contributed by atoms with Gasteiger partial charge in [0.05, 0.1) is 6.10 Å². The molecule has 0 aliphatic carbocycles. The van der Waals surface area contributed by atoms with Crippen LogP contribution in [-0.4, -0.2) is 5.11 Å². The SMILES string of the molecule is Cc1ccc(C(N)C(C)C(O)c2ccccc2)cc1. The maximum atomic E-state index is 10.4. The molecule has 0 aliphatic heterocycles. The summed E-state index contributed by atoms with van der Waals surface area (Å²) >= 11 is 0. The molecule has 0 heterocycles. The number of benzene rings is 2. The third-order valence-electron chi connectivity index (χ3n) is 3.67. The van der Waals surface area contributed by atoms with Gasteiger partial charge in [0.25, 0.3) is 0 Å². The molecule has 0 aliphatic rings. The minimum Gasteiger partial charge on any atom is -0.388 e. The topological polar surface area (TPSA) is 46.2 Å². The number of hydrogen-bond donors (Lipinski definition) is 2. The third-order valence-corrected chi connectivity index (χ3v) is 3.67. The van der Waals surface area contributed by atoms with Crippen LogP contribution in [0.15, 0.2) is 54.6 Å². The maximum Gasteiger partial charge on any atom is 0.0833 e. The van der Waals surface area contributed by atoms with Crippen LogP contribution in [0.2, 0.25) is 0 Å². The number of nitrogens with two attached hydrogens (primary N) is 1. The number of hydrogen-bond acceptors (Lipinski definition) is 2. The Morgan fingerprint density at radius 2 is 1.47 bits per heavy atom. The van der Waals surface area contributed by atoms with Gasteiger partial charge in [-0.15, -0.1) is 0 Å². The molecule has 0 aromatic heterocycles. The molecule has 0 spiro atoms. The van der Waals surface area contributed by atoms with E-state index in [0.717, 1.165) is 11.1 Å². The first-order valence-electron chi connectivity index (χ1n) is 6.64. The van der Waals surface area contributed by atoms with Gasteiger partial charge >= 0.3 is 0 Å². The number of aliphatic hydroxyl groups excluding tert-OH is 1. The van der Waals surface area contributed by atoms with Crippen molar-refractivity contribution in [2.24, 2.45) is 11.7 Å². The summed E-state index contributed by atoms with van der Waals surface area (Å²) in [5, 5.41) is 10.4.